The monoisotopic (exact) mass is 321 g/mol. The number of hydrogen-bond donors (Lipinski definition) is 2. The molecule has 8 heteroatoms. The molecule has 3 N–H and O–H groups in total. The maximum Gasteiger partial charge on any atom is 0.303 e. The molecule has 5 nitrogen and oxygen atoms in total. The second kappa shape index (κ2) is 6.55. The highest BCUT2D eigenvalue weighted by molar-refractivity contribution is 7.99. The van der Waals surface area contributed by atoms with Crippen molar-refractivity contribution in [2.75, 3.05) is 12.5 Å². The Balaban J connectivity index is 3.24. The fraction of sp³-hybridized carbons (Fsp3) is 0.417. The van der Waals surface area contributed by atoms with Crippen LogP contribution in [0, 0.1) is 5.82 Å². The summed E-state index contributed by atoms with van der Waals surface area (Å²) in [5.41, 5.74) is 6.06. The van der Waals surface area contributed by atoms with Gasteiger partial charge in [-0.3, -0.25) is 4.79 Å². The molecule has 1 unspecified atom stereocenters. The molecule has 0 spiro atoms. The predicted octanol–water partition coefficient (Wildman–Crippen LogP) is 1.82. The number of benzene rings is 1. The first-order valence-corrected chi connectivity index (χ1v) is 8.83. The molecule has 0 heterocycles. The minimum atomic E-state index is -3.59. The second-order valence-corrected chi connectivity index (χ2v) is 7.15. The van der Waals surface area contributed by atoms with Gasteiger partial charge in [0.25, 0.3) is 0 Å². The maximum absolute atomic E-state index is 13.9. The lowest BCUT2D eigenvalue weighted by Gasteiger charge is -2.15. The summed E-state index contributed by atoms with van der Waals surface area (Å²) in [4.78, 5) is 10.4. The number of thioether (sulfide) groups is 1. The van der Waals surface area contributed by atoms with Crippen molar-refractivity contribution >= 4 is 27.6 Å². The van der Waals surface area contributed by atoms with E-state index in [0.29, 0.717) is 0 Å². The summed E-state index contributed by atoms with van der Waals surface area (Å²) in [5, 5.41) is 8.60. The van der Waals surface area contributed by atoms with Crippen LogP contribution in [-0.2, 0) is 14.6 Å². The molecule has 0 amide bonds. The van der Waals surface area contributed by atoms with Crippen molar-refractivity contribution in [2.24, 2.45) is 5.73 Å². The fourth-order valence-corrected chi connectivity index (χ4v) is 3.72. The normalized spacial score (nSPS) is 13.2. The van der Waals surface area contributed by atoms with E-state index in [-0.39, 0.29) is 28.2 Å². The highest BCUT2D eigenvalue weighted by atomic mass is 32.2. The number of rotatable bonds is 6. The van der Waals surface area contributed by atoms with Gasteiger partial charge >= 0.3 is 5.97 Å². The molecule has 0 aliphatic carbocycles. The summed E-state index contributed by atoms with van der Waals surface area (Å²) in [7, 11) is -3.59. The van der Waals surface area contributed by atoms with Gasteiger partial charge in [-0.1, -0.05) is 0 Å². The van der Waals surface area contributed by atoms with Crippen molar-refractivity contribution in [3.05, 3.63) is 23.5 Å². The van der Waals surface area contributed by atoms with E-state index in [0.717, 1.165) is 24.1 Å². The van der Waals surface area contributed by atoms with E-state index in [2.05, 4.69) is 0 Å². The molecule has 0 aliphatic rings. The lowest BCUT2D eigenvalue weighted by atomic mass is 10.0. The number of aliphatic carboxylic acids is 1. The molecule has 0 fully saturated rings. The van der Waals surface area contributed by atoms with E-state index in [1.165, 1.54) is 6.07 Å². The van der Waals surface area contributed by atoms with Gasteiger partial charge in [-0.2, -0.15) is 0 Å². The number of sulfone groups is 1. The van der Waals surface area contributed by atoms with Gasteiger partial charge in [0, 0.05) is 18.7 Å². The zero-order chi connectivity index (χ0) is 15.5. The number of halogens is 1. The Morgan fingerprint density at radius 3 is 2.55 bits per heavy atom. The predicted molar refractivity (Wildman–Crippen MR) is 75.1 cm³/mol. The molecule has 0 saturated carbocycles. The Morgan fingerprint density at radius 2 is 2.10 bits per heavy atom. The van der Waals surface area contributed by atoms with Gasteiger partial charge in [0.1, 0.15) is 5.82 Å². The fourth-order valence-electron chi connectivity index (χ4n) is 1.72. The SMILES string of the molecule is CSc1c(F)cc(C(N)CCC(=O)O)cc1S(C)(=O)=O. The Bertz CT molecular complexity index is 616. The van der Waals surface area contributed by atoms with Crippen molar-refractivity contribution in [2.45, 2.75) is 28.7 Å². The van der Waals surface area contributed by atoms with Gasteiger partial charge in [0.15, 0.2) is 9.84 Å². The summed E-state index contributed by atoms with van der Waals surface area (Å²) in [6.07, 6.45) is 2.52. The second-order valence-electron chi connectivity index (χ2n) is 4.35. The van der Waals surface area contributed by atoms with Crippen LogP contribution in [0.15, 0.2) is 21.9 Å². The van der Waals surface area contributed by atoms with Crippen LogP contribution in [0.4, 0.5) is 4.39 Å². The first kappa shape index (κ1) is 16.9. The van der Waals surface area contributed by atoms with Crippen molar-refractivity contribution in [3.8, 4) is 0 Å². The van der Waals surface area contributed by atoms with Crippen LogP contribution in [0.5, 0.6) is 0 Å². The van der Waals surface area contributed by atoms with Crippen LogP contribution >= 0.6 is 11.8 Å². The first-order chi connectivity index (χ1) is 9.16. The molecule has 1 atom stereocenters. The summed E-state index contributed by atoms with van der Waals surface area (Å²) < 4.78 is 37.3. The number of nitrogens with two attached hydrogens (primary N) is 1. The Labute approximate surface area is 121 Å². The molecule has 0 bridgehead atoms. The molecule has 0 aromatic heterocycles. The number of carboxylic acid groups (broad SMARTS) is 1. The molecule has 1 aromatic rings. The van der Waals surface area contributed by atoms with Gasteiger partial charge < -0.3 is 10.8 Å². The summed E-state index contributed by atoms with van der Waals surface area (Å²) in [6, 6.07) is 1.75. The van der Waals surface area contributed by atoms with Gasteiger partial charge in [-0.15, -0.1) is 11.8 Å². The van der Waals surface area contributed by atoms with E-state index in [9.17, 15) is 17.6 Å². The van der Waals surface area contributed by atoms with Crippen LogP contribution in [0.25, 0.3) is 0 Å². The third-order valence-corrected chi connectivity index (χ3v) is 4.81. The van der Waals surface area contributed by atoms with E-state index < -0.39 is 27.7 Å². The molecule has 20 heavy (non-hydrogen) atoms. The van der Waals surface area contributed by atoms with Crippen molar-refractivity contribution in [1.29, 1.82) is 0 Å². The Morgan fingerprint density at radius 1 is 1.50 bits per heavy atom. The molecule has 112 valence electrons. The molecular weight excluding hydrogens is 305 g/mol. The summed E-state index contributed by atoms with van der Waals surface area (Å²) in [5.74, 6) is -1.67. The standard InChI is InChI=1S/C12H16FNO4S2/c1-19-12-8(13)5-7(6-10(12)20(2,17)18)9(14)3-4-11(15)16/h5-6,9H,3-4,14H2,1-2H3,(H,15,16). The Hall–Kier alpha value is -1.12. The molecule has 0 aliphatic heterocycles. The third-order valence-electron chi connectivity index (χ3n) is 2.73. The number of carboxylic acids is 1. The minimum Gasteiger partial charge on any atom is -0.481 e. The third kappa shape index (κ3) is 4.19. The molecule has 1 rings (SSSR count). The number of hydrogen-bond acceptors (Lipinski definition) is 5. The van der Waals surface area contributed by atoms with Crippen molar-refractivity contribution < 1.29 is 22.7 Å². The zero-order valence-corrected chi connectivity index (χ0v) is 12.7. The van der Waals surface area contributed by atoms with E-state index in [1.807, 2.05) is 0 Å². The van der Waals surface area contributed by atoms with Gasteiger partial charge in [0.2, 0.25) is 0 Å². The number of carbonyl (C=O) groups is 1. The van der Waals surface area contributed by atoms with Crippen LogP contribution in [0.2, 0.25) is 0 Å². The highest BCUT2D eigenvalue weighted by Gasteiger charge is 2.20. The summed E-state index contributed by atoms with van der Waals surface area (Å²) >= 11 is 0.998. The van der Waals surface area contributed by atoms with Crippen LogP contribution in [0.3, 0.4) is 0 Å². The van der Waals surface area contributed by atoms with Crippen molar-refractivity contribution in [1.82, 2.24) is 0 Å². The van der Waals surface area contributed by atoms with Gasteiger partial charge in [0.05, 0.1) is 9.79 Å². The lowest BCUT2D eigenvalue weighted by molar-refractivity contribution is -0.137. The first-order valence-electron chi connectivity index (χ1n) is 5.71. The average molecular weight is 321 g/mol. The quantitative estimate of drug-likeness (QED) is 0.776. The van der Waals surface area contributed by atoms with E-state index >= 15 is 0 Å². The van der Waals surface area contributed by atoms with Crippen LogP contribution < -0.4 is 5.73 Å². The molecule has 0 saturated heterocycles. The van der Waals surface area contributed by atoms with E-state index in [4.69, 9.17) is 10.8 Å². The topological polar surface area (TPSA) is 97.5 Å². The molecule has 1 aromatic carbocycles. The minimum absolute atomic E-state index is 0.0432. The Kier molecular flexibility index (Phi) is 5.55. The smallest absolute Gasteiger partial charge is 0.303 e. The molecular formula is C12H16FNO4S2. The average Bonchev–Trinajstić information content (AvgIpc) is 2.33. The lowest BCUT2D eigenvalue weighted by Crippen LogP contribution is -2.14. The highest BCUT2D eigenvalue weighted by Crippen LogP contribution is 2.31. The summed E-state index contributed by atoms with van der Waals surface area (Å²) in [6.45, 7) is 0. The zero-order valence-electron chi connectivity index (χ0n) is 11.1. The largest absolute Gasteiger partial charge is 0.481 e. The van der Waals surface area contributed by atoms with Crippen molar-refractivity contribution in [3.63, 3.8) is 0 Å². The van der Waals surface area contributed by atoms with Crippen LogP contribution in [-0.4, -0.2) is 32.0 Å². The van der Waals surface area contributed by atoms with Crippen LogP contribution in [0.1, 0.15) is 24.4 Å². The van der Waals surface area contributed by atoms with Gasteiger partial charge in [-0.05, 0) is 30.4 Å². The molecule has 0 radical (unpaired) electrons. The maximum atomic E-state index is 13.9. The van der Waals surface area contributed by atoms with E-state index in [1.54, 1.807) is 6.26 Å². The van der Waals surface area contributed by atoms with Gasteiger partial charge in [-0.25, -0.2) is 12.8 Å².